The maximum atomic E-state index is 11.8. The van der Waals surface area contributed by atoms with Gasteiger partial charge in [-0.15, -0.1) is 0 Å². The van der Waals surface area contributed by atoms with Crippen LogP contribution in [0.25, 0.3) is 0 Å². The van der Waals surface area contributed by atoms with Crippen LogP contribution in [0, 0.1) is 5.92 Å². The number of carbonyl (C=O) groups excluding carboxylic acids is 1. The first kappa shape index (κ1) is 14.7. The monoisotopic (exact) mass is 249 g/mol. The first-order chi connectivity index (χ1) is 8.59. The molecule has 0 aliphatic rings. The van der Waals surface area contributed by atoms with Crippen molar-refractivity contribution in [1.29, 1.82) is 0 Å². The molecule has 1 amide bonds. The topological polar surface area (TPSA) is 38.3 Å². The Morgan fingerprint density at radius 3 is 2.50 bits per heavy atom. The van der Waals surface area contributed by atoms with Crippen LogP contribution in [-0.4, -0.2) is 25.2 Å². The van der Waals surface area contributed by atoms with Gasteiger partial charge in [0.25, 0.3) is 0 Å². The van der Waals surface area contributed by atoms with Crippen molar-refractivity contribution in [3.63, 3.8) is 0 Å². The summed E-state index contributed by atoms with van der Waals surface area (Å²) in [6.45, 7) is 7.07. The fraction of sp³-hybridized carbons (Fsp3) is 0.533. The number of nitrogens with one attached hydrogen (secondary N) is 1. The van der Waals surface area contributed by atoms with Crippen LogP contribution in [0.2, 0.25) is 0 Å². The Kier molecular flexibility index (Phi) is 6.44. The van der Waals surface area contributed by atoms with Crippen LogP contribution in [0.15, 0.2) is 30.3 Å². The minimum absolute atomic E-state index is 0.00792. The fourth-order valence-electron chi connectivity index (χ4n) is 1.70. The molecule has 0 aliphatic heterocycles. The predicted octanol–water partition coefficient (Wildman–Crippen LogP) is 2.41. The summed E-state index contributed by atoms with van der Waals surface area (Å²) in [5.74, 6) is 0.0812. The van der Waals surface area contributed by atoms with E-state index in [9.17, 15) is 4.79 Å². The molecule has 0 saturated heterocycles. The van der Waals surface area contributed by atoms with Gasteiger partial charge in [-0.1, -0.05) is 37.3 Å². The van der Waals surface area contributed by atoms with E-state index in [0.29, 0.717) is 13.2 Å². The molecule has 0 radical (unpaired) electrons. The van der Waals surface area contributed by atoms with Crippen LogP contribution in [0.3, 0.4) is 0 Å². The second-order valence-corrected chi connectivity index (χ2v) is 4.80. The third-order valence-corrected chi connectivity index (χ3v) is 2.68. The van der Waals surface area contributed by atoms with Crippen molar-refractivity contribution in [2.24, 2.45) is 5.92 Å². The molecule has 0 bridgehead atoms. The van der Waals surface area contributed by atoms with Gasteiger partial charge < -0.3 is 10.1 Å². The molecule has 100 valence electrons. The van der Waals surface area contributed by atoms with Crippen LogP contribution in [0.4, 0.5) is 0 Å². The number of hydrogen-bond donors (Lipinski definition) is 1. The summed E-state index contributed by atoms with van der Waals surface area (Å²) in [6.07, 6.45) is 0.987. The molecule has 0 aromatic heterocycles. The number of hydrogen-bond acceptors (Lipinski definition) is 2. The lowest BCUT2D eigenvalue weighted by Crippen LogP contribution is -2.33. The molecule has 0 fully saturated rings. The maximum Gasteiger partial charge on any atom is 0.223 e. The molecule has 0 spiro atoms. The van der Waals surface area contributed by atoms with Crippen molar-refractivity contribution < 1.29 is 9.53 Å². The van der Waals surface area contributed by atoms with Gasteiger partial charge in [-0.2, -0.15) is 0 Å². The number of ether oxygens (including phenoxy) is 1. The molecule has 3 nitrogen and oxygen atoms in total. The van der Waals surface area contributed by atoms with Gasteiger partial charge in [0.2, 0.25) is 5.91 Å². The van der Waals surface area contributed by atoms with E-state index in [0.717, 1.165) is 6.42 Å². The van der Waals surface area contributed by atoms with Gasteiger partial charge >= 0.3 is 0 Å². The fourth-order valence-corrected chi connectivity index (χ4v) is 1.70. The molecule has 1 aromatic rings. The molecular formula is C15H23NO2. The lowest BCUT2D eigenvalue weighted by Gasteiger charge is -2.13. The number of benzene rings is 1. The highest BCUT2D eigenvalue weighted by Crippen LogP contribution is 2.07. The van der Waals surface area contributed by atoms with Crippen molar-refractivity contribution in [1.82, 2.24) is 5.32 Å². The number of carbonyl (C=O) groups is 1. The van der Waals surface area contributed by atoms with Crippen LogP contribution in [0.1, 0.15) is 26.3 Å². The minimum atomic E-state index is -0.00792. The van der Waals surface area contributed by atoms with Gasteiger partial charge in [-0.3, -0.25) is 4.79 Å². The van der Waals surface area contributed by atoms with Gasteiger partial charge in [-0.05, 0) is 25.8 Å². The van der Waals surface area contributed by atoms with E-state index in [-0.39, 0.29) is 17.9 Å². The summed E-state index contributed by atoms with van der Waals surface area (Å²) in [5.41, 5.74) is 1.19. The van der Waals surface area contributed by atoms with Gasteiger partial charge in [0.1, 0.15) is 0 Å². The van der Waals surface area contributed by atoms with E-state index in [1.54, 1.807) is 0 Å². The highest BCUT2D eigenvalue weighted by molar-refractivity contribution is 5.78. The van der Waals surface area contributed by atoms with E-state index in [4.69, 9.17) is 4.74 Å². The highest BCUT2D eigenvalue weighted by atomic mass is 16.5. The third-order valence-electron chi connectivity index (χ3n) is 2.68. The first-order valence-electron chi connectivity index (χ1n) is 6.53. The lowest BCUT2D eigenvalue weighted by molar-refractivity contribution is -0.124. The van der Waals surface area contributed by atoms with Crippen molar-refractivity contribution in [2.75, 3.05) is 13.2 Å². The van der Waals surface area contributed by atoms with Gasteiger partial charge in [0, 0.05) is 12.5 Å². The molecule has 0 aliphatic carbocycles. The molecule has 3 heteroatoms. The summed E-state index contributed by atoms with van der Waals surface area (Å²) in [7, 11) is 0. The standard InChI is InChI=1S/C15H23NO2/c1-12(2)18-10-9-16-15(17)13(3)11-14-7-5-4-6-8-14/h4-8,12-13H,9-11H2,1-3H3,(H,16,17). The van der Waals surface area contributed by atoms with E-state index in [2.05, 4.69) is 5.32 Å². The molecular weight excluding hydrogens is 226 g/mol. The molecule has 1 N–H and O–H groups in total. The summed E-state index contributed by atoms with van der Waals surface area (Å²) in [5, 5.41) is 2.89. The molecule has 0 heterocycles. The molecule has 1 aromatic carbocycles. The SMILES string of the molecule is CC(C)OCCNC(=O)C(C)Cc1ccccc1. The predicted molar refractivity (Wildman–Crippen MR) is 73.4 cm³/mol. The summed E-state index contributed by atoms with van der Waals surface area (Å²) >= 11 is 0. The van der Waals surface area contributed by atoms with E-state index < -0.39 is 0 Å². The largest absolute Gasteiger partial charge is 0.377 e. The first-order valence-corrected chi connectivity index (χ1v) is 6.53. The van der Waals surface area contributed by atoms with Crippen molar-refractivity contribution in [2.45, 2.75) is 33.3 Å². The summed E-state index contributed by atoms with van der Waals surface area (Å²) in [6, 6.07) is 10.1. The Labute approximate surface area is 110 Å². The van der Waals surface area contributed by atoms with Crippen molar-refractivity contribution in [3.8, 4) is 0 Å². The normalized spacial score (nSPS) is 12.4. The van der Waals surface area contributed by atoms with Crippen molar-refractivity contribution >= 4 is 5.91 Å². The Morgan fingerprint density at radius 2 is 1.89 bits per heavy atom. The minimum Gasteiger partial charge on any atom is -0.377 e. The van der Waals surface area contributed by atoms with Crippen LogP contribution < -0.4 is 5.32 Å². The Balaban J connectivity index is 2.25. The third kappa shape index (κ3) is 5.82. The Morgan fingerprint density at radius 1 is 1.22 bits per heavy atom. The van der Waals surface area contributed by atoms with E-state index in [1.165, 1.54) is 5.56 Å². The van der Waals surface area contributed by atoms with Gasteiger partial charge in [0.05, 0.1) is 12.7 Å². The van der Waals surface area contributed by atoms with Crippen LogP contribution in [0.5, 0.6) is 0 Å². The van der Waals surface area contributed by atoms with E-state index >= 15 is 0 Å². The molecule has 1 unspecified atom stereocenters. The summed E-state index contributed by atoms with van der Waals surface area (Å²) < 4.78 is 5.38. The number of rotatable bonds is 7. The average Bonchev–Trinajstić information content (AvgIpc) is 2.35. The lowest BCUT2D eigenvalue weighted by atomic mass is 10.0. The van der Waals surface area contributed by atoms with Crippen LogP contribution >= 0.6 is 0 Å². The van der Waals surface area contributed by atoms with Crippen LogP contribution in [-0.2, 0) is 16.0 Å². The average molecular weight is 249 g/mol. The van der Waals surface area contributed by atoms with Gasteiger partial charge in [-0.25, -0.2) is 0 Å². The van der Waals surface area contributed by atoms with E-state index in [1.807, 2.05) is 51.1 Å². The zero-order valence-electron chi connectivity index (χ0n) is 11.5. The van der Waals surface area contributed by atoms with Gasteiger partial charge in [0.15, 0.2) is 0 Å². The molecule has 18 heavy (non-hydrogen) atoms. The van der Waals surface area contributed by atoms with Crippen molar-refractivity contribution in [3.05, 3.63) is 35.9 Å². The second kappa shape index (κ2) is 7.88. The molecule has 1 atom stereocenters. The highest BCUT2D eigenvalue weighted by Gasteiger charge is 2.12. The summed E-state index contributed by atoms with van der Waals surface area (Å²) in [4.78, 5) is 11.8. The smallest absolute Gasteiger partial charge is 0.223 e. The Bertz CT molecular complexity index is 349. The molecule has 1 rings (SSSR count). The Hall–Kier alpha value is -1.35. The second-order valence-electron chi connectivity index (χ2n) is 4.80. The quantitative estimate of drug-likeness (QED) is 0.754. The molecule has 0 saturated carbocycles. The zero-order valence-corrected chi connectivity index (χ0v) is 11.5. The zero-order chi connectivity index (χ0) is 13.4. The number of amides is 1. The maximum absolute atomic E-state index is 11.8.